The molecule has 2 N–H and O–H groups in total. The Bertz CT molecular complexity index is 1400. The number of carbonyl (C=O) groups is 1. The molecule has 2 aromatic carbocycles. The van der Waals surface area contributed by atoms with E-state index in [0.29, 0.717) is 23.4 Å². The Morgan fingerprint density at radius 1 is 1.05 bits per heavy atom. The van der Waals surface area contributed by atoms with Crippen LogP contribution in [0, 0.1) is 12.3 Å². The third-order valence-corrected chi connectivity index (χ3v) is 6.20. The molecule has 0 aliphatic rings. The number of hydrogen-bond donors (Lipinski definition) is 1. The molecule has 0 fully saturated rings. The number of nitrogens with zero attached hydrogens (tertiary/aromatic N) is 1. The van der Waals surface area contributed by atoms with Gasteiger partial charge in [0.1, 0.15) is 0 Å². The van der Waals surface area contributed by atoms with E-state index >= 15 is 0 Å². The lowest BCUT2D eigenvalue weighted by atomic mass is 9.96. The number of aromatic nitrogens is 1. The molecule has 3 rings (SSSR count). The second-order valence-corrected chi connectivity index (χ2v) is 8.87. The quantitative estimate of drug-likeness (QED) is 0.181. The van der Waals surface area contributed by atoms with Crippen molar-refractivity contribution in [2.24, 2.45) is 5.73 Å². The third kappa shape index (κ3) is 6.91. The molecule has 0 amide bonds. The summed E-state index contributed by atoms with van der Waals surface area (Å²) in [7, 11) is 0. The SMILES string of the molecule is C#C/C=C(\C=C/C)C(/C)=C/c1nc(-c2ccc(-c3ccc(CCCN)cc3)cc2)cc(C(C)=O)c1C=C. The van der Waals surface area contributed by atoms with E-state index in [0.717, 1.165) is 46.4 Å². The van der Waals surface area contributed by atoms with Gasteiger partial charge >= 0.3 is 0 Å². The standard InChI is InChI=1S/C34H34N2O/c1-6-10-27(11-7-2)24(4)22-34-31(8-3)32(25(5)37)23-33(36-34)30-19-17-29(18-20-30)28-15-13-26(14-16-28)12-9-21-35/h1,7-8,10-11,13-20,22-23H,3,9,12,21,35H2,2,4-5H3/b11-7-,24-22+,27-10+. The predicted molar refractivity (Wildman–Crippen MR) is 158 cm³/mol. The summed E-state index contributed by atoms with van der Waals surface area (Å²) in [6, 6.07) is 18.7. The van der Waals surface area contributed by atoms with Crippen LogP contribution in [0.25, 0.3) is 34.5 Å². The first kappa shape index (κ1) is 27.3. The highest BCUT2D eigenvalue weighted by Crippen LogP contribution is 2.29. The van der Waals surface area contributed by atoms with Crippen molar-refractivity contribution < 1.29 is 4.79 Å². The van der Waals surface area contributed by atoms with Crippen molar-refractivity contribution in [1.29, 1.82) is 0 Å². The van der Waals surface area contributed by atoms with Gasteiger partial charge in [0.05, 0.1) is 11.4 Å². The topological polar surface area (TPSA) is 56.0 Å². The number of allylic oxidation sites excluding steroid dienone is 5. The van der Waals surface area contributed by atoms with Crippen molar-refractivity contribution in [1.82, 2.24) is 4.98 Å². The summed E-state index contributed by atoms with van der Waals surface area (Å²) in [6.45, 7) is 10.1. The first-order valence-electron chi connectivity index (χ1n) is 12.5. The lowest BCUT2D eigenvalue weighted by Gasteiger charge is -2.12. The zero-order chi connectivity index (χ0) is 26.8. The van der Waals surface area contributed by atoms with Crippen LogP contribution in [-0.2, 0) is 6.42 Å². The number of Topliss-reactive ketones (excluding diaryl/α,β-unsaturated/α-hetero) is 1. The maximum Gasteiger partial charge on any atom is 0.160 e. The highest BCUT2D eigenvalue weighted by Gasteiger charge is 2.14. The Morgan fingerprint density at radius 2 is 1.68 bits per heavy atom. The summed E-state index contributed by atoms with van der Waals surface area (Å²) in [5, 5.41) is 0. The molecule has 0 radical (unpaired) electrons. The van der Waals surface area contributed by atoms with Crippen LogP contribution in [0.15, 0.2) is 90.6 Å². The number of ketones is 1. The molecule has 37 heavy (non-hydrogen) atoms. The molecule has 186 valence electrons. The van der Waals surface area contributed by atoms with Gasteiger partial charge in [-0.2, -0.15) is 0 Å². The van der Waals surface area contributed by atoms with Gasteiger partial charge in [-0.25, -0.2) is 4.98 Å². The average Bonchev–Trinajstić information content (AvgIpc) is 2.91. The number of carbonyl (C=O) groups excluding carboxylic acids is 1. The number of terminal acetylenes is 1. The molecule has 1 aromatic heterocycles. The van der Waals surface area contributed by atoms with Gasteiger partial charge in [0.2, 0.25) is 0 Å². The Kier molecular flexibility index (Phi) is 9.72. The molecule has 0 saturated heterocycles. The Morgan fingerprint density at radius 3 is 2.22 bits per heavy atom. The number of pyridine rings is 1. The summed E-state index contributed by atoms with van der Waals surface area (Å²) in [5.41, 5.74) is 14.7. The minimum absolute atomic E-state index is 0.0370. The van der Waals surface area contributed by atoms with E-state index in [1.165, 1.54) is 5.56 Å². The lowest BCUT2D eigenvalue weighted by molar-refractivity contribution is 0.101. The fourth-order valence-corrected chi connectivity index (χ4v) is 4.19. The molecule has 0 saturated carbocycles. The summed E-state index contributed by atoms with van der Waals surface area (Å²) in [5.74, 6) is 2.55. The lowest BCUT2D eigenvalue weighted by Crippen LogP contribution is -2.03. The van der Waals surface area contributed by atoms with Crippen molar-refractivity contribution in [3.63, 3.8) is 0 Å². The number of hydrogen-bond acceptors (Lipinski definition) is 3. The second-order valence-electron chi connectivity index (χ2n) is 8.87. The molecule has 0 atom stereocenters. The van der Waals surface area contributed by atoms with Gasteiger partial charge in [-0.05, 0) is 86.2 Å². The summed E-state index contributed by atoms with van der Waals surface area (Å²) in [6.07, 6.45) is 16.8. The minimum Gasteiger partial charge on any atom is -0.330 e. The smallest absolute Gasteiger partial charge is 0.160 e. The molecule has 0 bridgehead atoms. The van der Waals surface area contributed by atoms with E-state index in [-0.39, 0.29) is 5.78 Å². The van der Waals surface area contributed by atoms with Crippen molar-refractivity contribution in [3.8, 4) is 34.7 Å². The van der Waals surface area contributed by atoms with E-state index in [1.807, 2.05) is 50.3 Å². The van der Waals surface area contributed by atoms with Crippen LogP contribution in [0.5, 0.6) is 0 Å². The molecule has 1 heterocycles. The molecular weight excluding hydrogens is 452 g/mol. The van der Waals surface area contributed by atoms with Gasteiger partial charge in [-0.1, -0.05) is 79.3 Å². The van der Waals surface area contributed by atoms with E-state index < -0.39 is 0 Å². The molecule has 0 unspecified atom stereocenters. The number of rotatable bonds is 10. The highest BCUT2D eigenvalue weighted by molar-refractivity contribution is 5.99. The second kappa shape index (κ2) is 13.2. The van der Waals surface area contributed by atoms with Crippen molar-refractivity contribution >= 4 is 17.9 Å². The summed E-state index contributed by atoms with van der Waals surface area (Å²) < 4.78 is 0. The largest absolute Gasteiger partial charge is 0.330 e. The molecule has 0 aliphatic heterocycles. The fraction of sp³-hybridized carbons (Fsp3) is 0.176. The summed E-state index contributed by atoms with van der Waals surface area (Å²) >= 11 is 0. The van der Waals surface area contributed by atoms with Gasteiger partial charge in [-0.3, -0.25) is 4.79 Å². The average molecular weight is 487 g/mol. The Balaban J connectivity index is 2.04. The van der Waals surface area contributed by atoms with Crippen LogP contribution >= 0.6 is 0 Å². The Hall–Kier alpha value is -4.26. The highest BCUT2D eigenvalue weighted by atomic mass is 16.1. The van der Waals surface area contributed by atoms with Crippen LogP contribution in [0.3, 0.4) is 0 Å². The normalized spacial score (nSPS) is 12.0. The molecule has 3 heteroatoms. The van der Waals surface area contributed by atoms with E-state index in [9.17, 15) is 4.79 Å². The molecule has 3 aromatic rings. The fourth-order valence-electron chi connectivity index (χ4n) is 4.19. The van der Waals surface area contributed by atoms with Gasteiger partial charge in [0.15, 0.2) is 5.78 Å². The maximum atomic E-state index is 12.6. The maximum absolute atomic E-state index is 12.6. The predicted octanol–water partition coefficient (Wildman–Crippen LogP) is 7.69. The van der Waals surface area contributed by atoms with E-state index in [4.69, 9.17) is 17.1 Å². The monoisotopic (exact) mass is 486 g/mol. The number of aryl methyl sites for hydroxylation is 1. The van der Waals surface area contributed by atoms with E-state index in [2.05, 4.69) is 48.9 Å². The zero-order valence-electron chi connectivity index (χ0n) is 21.9. The third-order valence-electron chi connectivity index (χ3n) is 6.20. The number of benzene rings is 2. The van der Waals surface area contributed by atoms with Crippen LogP contribution in [0.2, 0.25) is 0 Å². The van der Waals surface area contributed by atoms with Gasteiger partial charge in [0, 0.05) is 16.7 Å². The Labute approximate surface area is 221 Å². The van der Waals surface area contributed by atoms with Crippen LogP contribution in [-0.4, -0.2) is 17.3 Å². The zero-order valence-corrected chi connectivity index (χ0v) is 21.9. The van der Waals surface area contributed by atoms with Gasteiger partial charge < -0.3 is 5.73 Å². The minimum atomic E-state index is -0.0370. The van der Waals surface area contributed by atoms with Crippen LogP contribution in [0.1, 0.15) is 54.4 Å². The number of nitrogens with two attached hydrogens (primary N) is 1. The molecular formula is C34H34N2O. The molecule has 0 aliphatic carbocycles. The van der Waals surface area contributed by atoms with Gasteiger partial charge in [0.25, 0.3) is 0 Å². The van der Waals surface area contributed by atoms with E-state index in [1.54, 1.807) is 19.1 Å². The summed E-state index contributed by atoms with van der Waals surface area (Å²) in [4.78, 5) is 17.5. The molecule has 3 nitrogen and oxygen atoms in total. The molecule has 0 spiro atoms. The first-order chi connectivity index (χ1) is 17.9. The first-order valence-corrected chi connectivity index (χ1v) is 12.5. The van der Waals surface area contributed by atoms with Crippen LogP contribution in [0.4, 0.5) is 0 Å². The van der Waals surface area contributed by atoms with Crippen molar-refractivity contribution in [2.75, 3.05) is 6.54 Å². The van der Waals surface area contributed by atoms with Crippen LogP contribution < -0.4 is 5.73 Å². The van der Waals surface area contributed by atoms with Crippen molar-refractivity contribution in [3.05, 3.63) is 113 Å². The van der Waals surface area contributed by atoms with Gasteiger partial charge in [-0.15, -0.1) is 6.42 Å². The van der Waals surface area contributed by atoms with Crippen molar-refractivity contribution in [2.45, 2.75) is 33.6 Å².